The summed E-state index contributed by atoms with van der Waals surface area (Å²) in [6.45, 7) is 3.73. The highest BCUT2D eigenvalue weighted by Gasteiger charge is 2.21. The molecule has 0 unspecified atom stereocenters. The van der Waals surface area contributed by atoms with Gasteiger partial charge in [0.1, 0.15) is 18.6 Å². The van der Waals surface area contributed by atoms with Gasteiger partial charge >= 0.3 is 11.9 Å². The number of carbonyl (C=O) groups excluding carboxylic acids is 3. The minimum atomic E-state index is -0.548. The molecule has 1 heterocycles. The number of rotatable bonds is 6. The summed E-state index contributed by atoms with van der Waals surface area (Å²) in [7, 11) is 0. The molecule has 5 rings (SSSR count). The summed E-state index contributed by atoms with van der Waals surface area (Å²) in [5.41, 5.74) is 4.52. The van der Waals surface area contributed by atoms with Crippen LogP contribution in [0.3, 0.4) is 0 Å². The van der Waals surface area contributed by atoms with E-state index in [4.69, 9.17) is 9.47 Å². The number of ether oxygens (including phenoxy) is 2. The lowest BCUT2D eigenvalue weighted by Crippen LogP contribution is -2.13. The van der Waals surface area contributed by atoms with Crippen molar-refractivity contribution in [2.75, 3.05) is 0 Å². The summed E-state index contributed by atoms with van der Waals surface area (Å²) in [6, 6.07) is 25.1. The number of pyridine rings is 1. The number of nitrogens with zero attached hydrogens (tertiary/aromatic N) is 1. The van der Waals surface area contributed by atoms with E-state index in [1.54, 1.807) is 44.2 Å². The lowest BCUT2D eigenvalue weighted by molar-refractivity contribution is 0.0472. The molecule has 0 spiro atoms. The van der Waals surface area contributed by atoms with Crippen molar-refractivity contribution in [3.05, 3.63) is 118 Å². The topological polar surface area (TPSA) is 82.6 Å². The molecule has 0 radical (unpaired) electrons. The van der Waals surface area contributed by atoms with Gasteiger partial charge in [0, 0.05) is 16.3 Å². The number of aryl methyl sites for hydroxylation is 2. The van der Waals surface area contributed by atoms with Crippen LogP contribution in [0.5, 0.6) is 5.75 Å². The van der Waals surface area contributed by atoms with Gasteiger partial charge in [-0.3, -0.25) is 4.79 Å². The predicted octanol–water partition coefficient (Wildman–Crippen LogP) is 6.39. The van der Waals surface area contributed by atoms with E-state index in [1.807, 2.05) is 54.6 Å². The number of esters is 2. The summed E-state index contributed by atoms with van der Waals surface area (Å²) in [6.07, 6.45) is 0.743. The zero-order valence-electron chi connectivity index (χ0n) is 20.4. The summed E-state index contributed by atoms with van der Waals surface area (Å²) >= 11 is 0. The molecule has 6 nitrogen and oxygen atoms in total. The van der Waals surface area contributed by atoms with Crippen LogP contribution in [0.25, 0.3) is 21.8 Å². The zero-order chi connectivity index (χ0) is 25.9. The van der Waals surface area contributed by atoms with Crippen LogP contribution in [0.1, 0.15) is 47.8 Å². The number of fused-ring (bicyclic) bond motifs is 2. The highest BCUT2D eigenvalue weighted by molar-refractivity contribution is 6.15. The molecule has 0 bridgehead atoms. The molecular formula is C31H23NO5. The molecule has 4 aromatic carbocycles. The number of hydrogen-bond acceptors (Lipinski definition) is 6. The molecule has 1 aromatic heterocycles. The maximum absolute atomic E-state index is 13.6. The van der Waals surface area contributed by atoms with E-state index in [0.29, 0.717) is 55.4 Å². The van der Waals surface area contributed by atoms with E-state index in [2.05, 4.69) is 4.98 Å². The lowest BCUT2D eigenvalue weighted by Gasteiger charge is -2.15. The van der Waals surface area contributed by atoms with Gasteiger partial charge in [-0.25, -0.2) is 14.6 Å². The Balaban J connectivity index is 1.46. The van der Waals surface area contributed by atoms with Crippen LogP contribution in [0, 0.1) is 13.8 Å². The maximum atomic E-state index is 13.6. The molecule has 0 fully saturated rings. The van der Waals surface area contributed by atoms with Crippen molar-refractivity contribution in [1.29, 1.82) is 0 Å². The molecule has 5 aromatic rings. The first kappa shape index (κ1) is 23.9. The Labute approximate surface area is 213 Å². The third-order valence-electron chi connectivity index (χ3n) is 6.15. The second-order valence-corrected chi connectivity index (χ2v) is 8.79. The highest BCUT2D eigenvalue weighted by Crippen LogP contribution is 2.31. The van der Waals surface area contributed by atoms with Crippen LogP contribution in [-0.4, -0.2) is 23.2 Å². The van der Waals surface area contributed by atoms with Crippen molar-refractivity contribution >= 4 is 40.0 Å². The van der Waals surface area contributed by atoms with Gasteiger partial charge in [-0.15, -0.1) is 0 Å². The van der Waals surface area contributed by atoms with E-state index in [0.717, 1.165) is 11.8 Å². The van der Waals surface area contributed by atoms with E-state index in [-0.39, 0.29) is 6.61 Å². The number of hydrogen-bond donors (Lipinski definition) is 0. The number of carbonyl (C=O) groups is 3. The molecule has 0 saturated carbocycles. The minimum absolute atomic E-state index is 0.169. The molecule has 0 atom stereocenters. The molecular weight excluding hydrogens is 466 g/mol. The van der Waals surface area contributed by atoms with Crippen LogP contribution in [0.15, 0.2) is 84.9 Å². The molecule has 6 heteroatoms. The fourth-order valence-electron chi connectivity index (χ4n) is 4.38. The van der Waals surface area contributed by atoms with Crippen molar-refractivity contribution in [2.24, 2.45) is 0 Å². The van der Waals surface area contributed by atoms with E-state index < -0.39 is 11.9 Å². The maximum Gasteiger partial charge on any atom is 0.344 e. The number of benzene rings is 4. The number of aldehydes is 1. The minimum Gasteiger partial charge on any atom is -0.457 e. The second kappa shape index (κ2) is 10.0. The Morgan fingerprint density at radius 1 is 0.784 bits per heavy atom. The van der Waals surface area contributed by atoms with Gasteiger partial charge < -0.3 is 9.47 Å². The largest absolute Gasteiger partial charge is 0.457 e. The summed E-state index contributed by atoms with van der Waals surface area (Å²) in [5.74, 6) is -0.624. The van der Waals surface area contributed by atoms with Crippen LogP contribution >= 0.6 is 0 Å². The summed E-state index contributed by atoms with van der Waals surface area (Å²) in [5, 5.41) is 1.24. The first-order valence-corrected chi connectivity index (χ1v) is 11.8. The van der Waals surface area contributed by atoms with Crippen molar-refractivity contribution in [3.8, 4) is 5.75 Å². The van der Waals surface area contributed by atoms with Crippen LogP contribution in [-0.2, 0) is 11.3 Å². The third-order valence-corrected chi connectivity index (χ3v) is 6.15. The number of para-hydroxylation sites is 1. The Hall–Kier alpha value is -4.84. The molecule has 37 heavy (non-hydrogen) atoms. The van der Waals surface area contributed by atoms with Crippen molar-refractivity contribution in [1.82, 2.24) is 4.98 Å². The molecule has 0 aliphatic carbocycles. The highest BCUT2D eigenvalue weighted by atomic mass is 16.5. The van der Waals surface area contributed by atoms with Gasteiger partial charge in [0.15, 0.2) is 0 Å². The lowest BCUT2D eigenvalue weighted by atomic mass is 10.0. The second-order valence-electron chi connectivity index (χ2n) is 8.79. The monoisotopic (exact) mass is 489 g/mol. The number of aromatic nitrogens is 1. The van der Waals surface area contributed by atoms with Crippen LogP contribution in [0.4, 0.5) is 0 Å². The Bertz CT molecular complexity index is 1650. The molecule has 0 amide bonds. The van der Waals surface area contributed by atoms with Crippen molar-refractivity contribution < 1.29 is 23.9 Å². The van der Waals surface area contributed by atoms with E-state index in [9.17, 15) is 14.4 Å². The first-order chi connectivity index (χ1) is 17.9. The molecule has 0 N–H and O–H groups in total. The molecule has 0 aliphatic rings. The zero-order valence-corrected chi connectivity index (χ0v) is 20.4. The summed E-state index contributed by atoms with van der Waals surface area (Å²) < 4.78 is 11.4. The standard InChI is InChI=1S/C31H23NO5/c1-19-14-23(30(34)36-18-21-8-4-3-5-9-21)15-20(2)29(19)37-31(35)28-24-10-6-7-11-26(24)32-27-16-22(17-33)12-13-25(27)28/h3-17H,18H2,1-2H3. The van der Waals surface area contributed by atoms with Crippen molar-refractivity contribution in [3.63, 3.8) is 0 Å². The van der Waals surface area contributed by atoms with Gasteiger partial charge in [-0.05, 0) is 54.8 Å². The van der Waals surface area contributed by atoms with Gasteiger partial charge in [0.25, 0.3) is 0 Å². The normalized spacial score (nSPS) is 10.9. The van der Waals surface area contributed by atoms with E-state index >= 15 is 0 Å². The molecule has 182 valence electrons. The van der Waals surface area contributed by atoms with Crippen LogP contribution < -0.4 is 4.74 Å². The summed E-state index contributed by atoms with van der Waals surface area (Å²) in [4.78, 5) is 42.1. The van der Waals surface area contributed by atoms with Crippen molar-refractivity contribution in [2.45, 2.75) is 20.5 Å². The Kier molecular flexibility index (Phi) is 6.47. The predicted molar refractivity (Wildman–Crippen MR) is 141 cm³/mol. The quantitative estimate of drug-likeness (QED) is 0.119. The van der Waals surface area contributed by atoms with Gasteiger partial charge in [0.05, 0.1) is 22.2 Å². The molecule has 0 saturated heterocycles. The SMILES string of the molecule is Cc1cc(C(=O)OCc2ccccc2)cc(C)c1OC(=O)c1c2ccccc2nc2cc(C=O)ccc12. The average molecular weight is 490 g/mol. The Morgan fingerprint density at radius 3 is 2.19 bits per heavy atom. The molecule has 0 aliphatic heterocycles. The van der Waals surface area contributed by atoms with Gasteiger partial charge in [-0.1, -0.05) is 60.7 Å². The fourth-order valence-corrected chi connectivity index (χ4v) is 4.38. The van der Waals surface area contributed by atoms with Crippen LogP contribution in [0.2, 0.25) is 0 Å². The van der Waals surface area contributed by atoms with Gasteiger partial charge in [-0.2, -0.15) is 0 Å². The van der Waals surface area contributed by atoms with E-state index in [1.165, 1.54) is 0 Å². The third kappa shape index (κ3) is 4.82. The first-order valence-electron chi connectivity index (χ1n) is 11.8. The smallest absolute Gasteiger partial charge is 0.344 e. The van der Waals surface area contributed by atoms with Gasteiger partial charge in [0.2, 0.25) is 0 Å². The average Bonchev–Trinajstić information content (AvgIpc) is 2.92. The Morgan fingerprint density at radius 2 is 1.46 bits per heavy atom. The fraction of sp³-hybridized carbons (Fsp3) is 0.0968.